The maximum Gasteiger partial charge on any atom is 0.194 e. The SMILES string of the molecule is C[C@H]1[C@H](C)CC[C@]2(C)CC[C@]3(C)C(=CC[C@@H]4[C@@]5(C)CC(O)C(O)(O)C(C)(C)C5CC[C@]43C)[C@H]12. The summed E-state index contributed by atoms with van der Waals surface area (Å²) < 4.78 is 0. The molecule has 0 saturated heterocycles. The van der Waals surface area contributed by atoms with Crippen molar-refractivity contribution in [3.8, 4) is 0 Å². The third-order valence-electron chi connectivity index (χ3n) is 13.6. The van der Waals surface area contributed by atoms with Crippen molar-refractivity contribution in [1.82, 2.24) is 0 Å². The van der Waals surface area contributed by atoms with Crippen LogP contribution in [-0.4, -0.2) is 27.2 Å². The minimum Gasteiger partial charge on any atom is -0.387 e. The van der Waals surface area contributed by atoms with Crippen molar-refractivity contribution in [3.05, 3.63) is 11.6 Å². The van der Waals surface area contributed by atoms with E-state index in [9.17, 15) is 15.3 Å². The van der Waals surface area contributed by atoms with Crippen LogP contribution in [0.4, 0.5) is 0 Å². The van der Waals surface area contributed by atoms with Crippen LogP contribution in [0.15, 0.2) is 11.6 Å². The first-order valence-corrected chi connectivity index (χ1v) is 13.9. The average molecular weight is 459 g/mol. The van der Waals surface area contributed by atoms with Crippen LogP contribution in [0.5, 0.6) is 0 Å². The molecule has 5 aliphatic carbocycles. The van der Waals surface area contributed by atoms with Gasteiger partial charge in [0.2, 0.25) is 0 Å². The van der Waals surface area contributed by atoms with Crippen molar-refractivity contribution in [2.45, 2.75) is 119 Å². The number of aliphatic hydroxyl groups is 3. The van der Waals surface area contributed by atoms with Gasteiger partial charge in [0.15, 0.2) is 5.79 Å². The normalized spacial score (nSPS) is 57.1. The summed E-state index contributed by atoms with van der Waals surface area (Å²) in [5.41, 5.74) is 1.77. The largest absolute Gasteiger partial charge is 0.387 e. The minimum atomic E-state index is -2.02. The summed E-state index contributed by atoms with van der Waals surface area (Å²) in [7, 11) is 0. The summed E-state index contributed by atoms with van der Waals surface area (Å²) >= 11 is 0. The Balaban J connectivity index is 1.60. The van der Waals surface area contributed by atoms with Gasteiger partial charge < -0.3 is 15.3 Å². The van der Waals surface area contributed by atoms with Crippen LogP contribution in [0.25, 0.3) is 0 Å². The molecule has 188 valence electrons. The lowest BCUT2D eigenvalue weighted by Crippen LogP contribution is -2.70. The van der Waals surface area contributed by atoms with Gasteiger partial charge in [-0.05, 0) is 103 Å². The van der Waals surface area contributed by atoms with Crippen molar-refractivity contribution >= 4 is 0 Å². The molecule has 0 amide bonds. The maximum absolute atomic E-state index is 11.0. The van der Waals surface area contributed by atoms with Gasteiger partial charge in [-0.25, -0.2) is 0 Å². The molecule has 4 saturated carbocycles. The van der Waals surface area contributed by atoms with Crippen LogP contribution in [0, 0.1) is 56.7 Å². The van der Waals surface area contributed by atoms with E-state index in [4.69, 9.17) is 0 Å². The third-order valence-corrected chi connectivity index (χ3v) is 13.6. The molecule has 0 spiro atoms. The van der Waals surface area contributed by atoms with E-state index in [-0.39, 0.29) is 22.2 Å². The topological polar surface area (TPSA) is 60.7 Å². The number of rotatable bonds is 0. The molecule has 5 aliphatic rings. The van der Waals surface area contributed by atoms with E-state index < -0.39 is 17.3 Å². The van der Waals surface area contributed by atoms with Gasteiger partial charge in [0.1, 0.15) is 6.10 Å². The highest BCUT2D eigenvalue weighted by atomic mass is 16.5. The second-order valence-corrected chi connectivity index (χ2v) is 15.0. The van der Waals surface area contributed by atoms with E-state index in [1.807, 2.05) is 13.8 Å². The molecule has 0 radical (unpaired) electrons. The van der Waals surface area contributed by atoms with Crippen molar-refractivity contribution < 1.29 is 15.3 Å². The van der Waals surface area contributed by atoms with E-state index in [0.717, 1.165) is 31.1 Å². The maximum atomic E-state index is 11.0. The smallest absolute Gasteiger partial charge is 0.194 e. The fourth-order valence-electron chi connectivity index (χ4n) is 10.9. The minimum absolute atomic E-state index is 0.0951. The van der Waals surface area contributed by atoms with Crippen LogP contribution in [0.1, 0.15) is 107 Å². The van der Waals surface area contributed by atoms with Crippen LogP contribution in [-0.2, 0) is 0 Å². The van der Waals surface area contributed by atoms with Gasteiger partial charge in [-0.15, -0.1) is 0 Å². The van der Waals surface area contributed by atoms with Crippen molar-refractivity contribution in [3.63, 3.8) is 0 Å². The van der Waals surface area contributed by atoms with Crippen molar-refractivity contribution in [1.29, 1.82) is 0 Å². The molecule has 3 nitrogen and oxygen atoms in total. The molecule has 0 aromatic rings. The van der Waals surface area contributed by atoms with E-state index in [1.165, 1.54) is 25.7 Å². The third kappa shape index (κ3) is 2.74. The lowest BCUT2D eigenvalue weighted by molar-refractivity contribution is -0.351. The summed E-state index contributed by atoms with van der Waals surface area (Å²) in [6, 6.07) is 0. The monoisotopic (exact) mass is 458 g/mol. The number of allylic oxidation sites excluding steroid dienone is 2. The highest BCUT2D eigenvalue weighted by Gasteiger charge is 2.71. The molecule has 2 unspecified atom stereocenters. The Labute approximate surface area is 202 Å². The predicted molar refractivity (Wildman–Crippen MR) is 133 cm³/mol. The first-order valence-electron chi connectivity index (χ1n) is 13.9. The molecule has 5 rings (SSSR count). The second kappa shape index (κ2) is 6.88. The molecular formula is C30H50O3. The van der Waals surface area contributed by atoms with Crippen LogP contribution >= 0.6 is 0 Å². The molecule has 4 fully saturated rings. The molecule has 10 atom stereocenters. The highest BCUT2D eigenvalue weighted by Crippen LogP contribution is 2.76. The molecule has 0 aromatic carbocycles. The summed E-state index contributed by atoms with van der Waals surface area (Å²) in [5.74, 6) is 0.859. The summed E-state index contributed by atoms with van der Waals surface area (Å²) in [5, 5.41) is 32.8. The molecule has 0 aromatic heterocycles. The van der Waals surface area contributed by atoms with Gasteiger partial charge in [0.25, 0.3) is 0 Å². The Bertz CT molecular complexity index is 859. The Hall–Kier alpha value is -0.380. The van der Waals surface area contributed by atoms with Gasteiger partial charge in [-0.2, -0.15) is 0 Å². The first-order chi connectivity index (χ1) is 15.1. The molecular weight excluding hydrogens is 408 g/mol. The standard InChI is InChI=1S/C30H50O3/c1-18-11-13-26(5)15-16-28(7)20(24(26)19(18)2)9-10-22-27(6)17-23(31)30(32,33)25(3,4)21(27)12-14-29(22,28)8/h9,18-19,21-24,31-33H,10-17H2,1-8H3/t18-,19+,21?,22-,23?,24+,26-,27+,28-,29-/m1/s1. The van der Waals surface area contributed by atoms with Crippen molar-refractivity contribution in [2.24, 2.45) is 56.7 Å². The Morgan fingerprint density at radius 1 is 0.848 bits per heavy atom. The van der Waals surface area contributed by atoms with E-state index in [1.54, 1.807) is 5.57 Å². The molecule has 3 N–H and O–H groups in total. The summed E-state index contributed by atoms with van der Waals surface area (Å²) in [4.78, 5) is 0. The number of hydrogen-bond acceptors (Lipinski definition) is 3. The zero-order chi connectivity index (χ0) is 24.4. The van der Waals surface area contributed by atoms with Crippen LogP contribution in [0.2, 0.25) is 0 Å². The van der Waals surface area contributed by atoms with Gasteiger partial charge in [-0.3, -0.25) is 0 Å². The first kappa shape index (κ1) is 24.3. The zero-order valence-electron chi connectivity index (χ0n) is 22.5. The number of fused-ring (bicyclic) bond motifs is 7. The van der Waals surface area contributed by atoms with E-state index in [2.05, 4.69) is 47.6 Å². The Morgan fingerprint density at radius 2 is 1.52 bits per heavy atom. The predicted octanol–water partition coefficient (Wildman–Crippen LogP) is 6.32. The quantitative estimate of drug-likeness (QED) is 0.294. The van der Waals surface area contributed by atoms with Gasteiger partial charge in [0, 0.05) is 5.41 Å². The fraction of sp³-hybridized carbons (Fsp3) is 0.933. The molecule has 0 bridgehead atoms. The Morgan fingerprint density at radius 3 is 2.18 bits per heavy atom. The van der Waals surface area contributed by atoms with Crippen molar-refractivity contribution in [2.75, 3.05) is 0 Å². The lowest BCUT2D eigenvalue weighted by atomic mass is 9.33. The van der Waals surface area contributed by atoms with E-state index in [0.29, 0.717) is 23.7 Å². The average Bonchev–Trinajstić information content (AvgIpc) is 2.71. The Kier molecular flexibility index (Phi) is 5.07. The highest BCUT2D eigenvalue weighted by molar-refractivity contribution is 5.34. The number of aliphatic hydroxyl groups excluding tert-OH is 1. The molecule has 3 heteroatoms. The second-order valence-electron chi connectivity index (χ2n) is 15.0. The van der Waals surface area contributed by atoms with Gasteiger partial charge >= 0.3 is 0 Å². The lowest BCUT2D eigenvalue weighted by Gasteiger charge is -2.72. The van der Waals surface area contributed by atoms with Crippen LogP contribution < -0.4 is 0 Å². The summed E-state index contributed by atoms with van der Waals surface area (Å²) in [6.07, 6.45) is 10.6. The zero-order valence-corrected chi connectivity index (χ0v) is 22.5. The molecule has 33 heavy (non-hydrogen) atoms. The van der Waals surface area contributed by atoms with E-state index >= 15 is 0 Å². The molecule has 0 heterocycles. The summed E-state index contributed by atoms with van der Waals surface area (Å²) in [6.45, 7) is 19.1. The molecule has 0 aliphatic heterocycles. The van der Waals surface area contributed by atoms with Gasteiger partial charge in [-0.1, -0.05) is 67.0 Å². The van der Waals surface area contributed by atoms with Crippen LogP contribution in [0.3, 0.4) is 0 Å². The fourth-order valence-corrected chi connectivity index (χ4v) is 10.9. The van der Waals surface area contributed by atoms with Gasteiger partial charge in [0.05, 0.1) is 0 Å². The number of hydrogen-bond donors (Lipinski definition) is 3.